The predicted octanol–water partition coefficient (Wildman–Crippen LogP) is 0.688. The van der Waals surface area contributed by atoms with E-state index in [9.17, 15) is 0 Å². The van der Waals surface area contributed by atoms with Gasteiger partial charge in [-0.1, -0.05) is 0 Å². The summed E-state index contributed by atoms with van der Waals surface area (Å²) >= 11 is 0. The number of hydrogen-bond donors (Lipinski definition) is 0. The fourth-order valence-electron chi connectivity index (χ4n) is 3.47. The minimum Gasteiger partial charge on any atom is -0.380 e. The van der Waals surface area contributed by atoms with Gasteiger partial charge in [0.1, 0.15) is 18.5 Å². The molecule has 7 nitrogen and oxygen atoms in total. The Morgan fingerprint density at radius 3 is 3.10 bits per heavy atom. The number of imidazole rings is 1. The Hall–Kier alpha value is -1.73. The molecule has 2 aromatic rings. The maximum absolute atomic E-state index is 5.53. The molecular formula is C14H20N6O. The second-order valence-corrected chi connectivity index (χ2v) is 5.78. The maximum Gasteiger partial charge on any atom is 0.137 e. The summed E-state index contributed by atoms with van der Waals surface area (Å²) in [6.07, 6.45) is 6.42. The van der Waals surface area contributed by atoms with Gasteiger partial charge in [-0.25, -0.2) is 14.6 Å². The number of fused-ring (bicyclic) bond motifs is 1. The second-order valence-electron chi connectivity index (χ2n) is 5.78. The molecule has 2 aliphatic rings. The summed E-state index contributed by atoms with van der Waals surface area (Å²) in [6, 6.07) is 0.888. The van der Waals surface area contributed by atoms with Crippen LogP contribution in [-0.4, -0.2) is 55.0 Å². The molecule has 1 fully saturated rings. The SMILES string of the molecule is C[C@H]1c2ncc(Cn3cncn3)n2CCN1[C@H]1CCOC1. The van der Waals surface area contributed by atoms with Crippen LogP contribution in [0, 0.1) is 0 Å². The van der Waals surface area contributed by atoms with E-state index < -0.39 is 0 Å². The summed E-state index contributed by atoms with van der Waals surface area (Å²) in [7, 11) is 0. The molecule has 2 aromatic heterocycles. The van der Waals surface area contributed by atoms with Gasteiger partial charge >= 0.3 is 0 Å². The van der Waals surface area contributed by atoms with Crippen LogP contribution in [0.3, 0.4) is 0 Å². The Morgan fingerprint density at radius 1 is 1.38 bits per heavy atom. The number of hydrogen-bond acceptors (Lipinski definition) is 5. The first kappa shape index (κ1) is 13.0. The van der Waals surface area contributed by atoms with E-state index in [-0.39, 0.29) is 0 Å². The highest BCUT2D eigenvalue weighted by Gasteiger charge is 2.33. The van der Waals surface area contributed by atoms with Crippen molar-refractivity contribution in [1.29, 1.82) is 0 Å². The molecule has 4 rings (SSSR count). The Bertz CT molecular complexity index is 601. The molecule has 0 N–H and O–H groups in total. The molecule has 0 radical (unpaired) electrons. The number of rotatable bonds is 3. The average Bonchev–Trinajstić information content (AvgIpc) is 3.21. The van der Waals surface area contributed by atoms with Gasteiger partial charge in [0.15, 0.2) is 0 Å². The molecule has 1 saturated heterocycles. The summed E-state index contributed by atoms with van der Waals surface area (Å²) in [5, 5.41) is 4.17. The molecule has 0 saturated carbocycles. The fraction of sp³-hybridized carbons (Fsp3) is 0.643. The summed E-state index contributed by atoms with van der Waals surface area (Å²) in [5.41, 5.74) is 1.20. The Labute approximate surface area is 123 Å². The van der Waals surface area contributed by atoms with Crippen LogP contribution in [0.15, 0.2) is 18.9 Å². The summed E-state index contributed by atoms with van der Waals surface area (Å²) in [4.78, 5) is 11.2. The zero-order valence-corrected chi connectivity index (χ0v) is 12.2. The largest absolute Gasteiger partial charge is 0.380 e. The zero-order chi connectivity index (χ0) is 14.2. The van der Waals surface area contributed by atoms with Gasteiger partial charge in [0.05, 0.1) is 31.1 Å². The van der Waals surface area contributed by atoms with Crippen molar-refractivity contribution in [3.8, 4) is 0 Å². The van der Waals surface area contributed by atoms with Crippen LogP contribution >= 0.6 is 0 Å². The fourth-order valence-corrected chi connectivity index (χ4v) is 3.47. The van der Waals surface area contributed by atoms with Gasteiger partial charge in [-0.2, -0.15) is 5.10 Å². The second kappa shape index (κ2) is 5.23. The topological polar surface area (TPSA) is 61.0 Å². The molecule has 21 heavy (non-hydrogen) atoms. The van der Waals surface area contributed by atoms with E-state index >= 15 is 0 Å². The Kier molecular flexibility index (Phi) is 3.23. The van der Waals surface area contributed by atoms with Gasteiger partial charge in [-0.15, -0.1) is 0 Å². The highest BCUT2D eigenvalue weighted by molar-refractivity contribution is 5.12. The number of aromatic nitrogens is 5. The van der Waals surface area contributed by atoms with E-state index in [1.807, 2.05) is 10.9 Å². The lowest BCUT2D eigenvalue weighted by Crippen LogP contribution is -2.44. The number of nitrogens with zero attached hydrogens (tertiary/aromatic N) is 6. The highest BCUT2D eigenvalue weighted by atomic mass is 16.5. The molecule has 2 atom stereocenters. The molecule has 0 amide bonds. The van der Waals surface area contributed by atoms with Gasteiger partial charge in [0, 0.05) is 25.7 Å². The lowest BCUT2D eigenvalue weighted by molar-refractivity contribution is 0.0897. The monoisotopic (exact) mass is 288 g/mol. The lowest BCUT2D eigenvalue weighted by Gasteiger charge is -2.37. The van der Waals surface area contributed by atoms with Crippen molar-refractivity contribution in [3.05, 3.63) is 30.4 Å². The van der Waals surface area contributed by atoms with Gasteiger partial charge < -0.3 is 9.30 Å². The van der Waals surface area contributed by atoms with E-state index in [0.29, 0.717) is 12.1 Å². The molecule has 7 heteroatoms. The van der Waals surface area contributed by atoms with Crippen LogP contribution < -0.4 is 0 Å². The van der Waals surface area contributed by atoms with Gasteiger partial charge in [0.2, 0.25) is 0 Å². The van der Waals surface area contributed by atoms with E-state index in [2.05, 4.69) is 31.5 Å². The smallest absolute Gasteiger partial charge is 0.137 e. The lowest BCUT2D eigenvalue weighted by atomic mass is 10.1. The molecule has 0 unspecified atom stereocenters. The Morgan fingerprint density at radius 2 is 2.33 bits per heavy atom. The third-order valence-corrected chi connectivity index (χ3v) is 4.59. The molecule has 0 aliphatic carbocycles. The molecule has 0 aromatic carbocycles. The van der Waals surface area contributed by atoms with E-state index in [0.717, 1.165) is 45.1 Å². The molecule has 0 spiro atoms. The van der Waals surface area contributed by atoms with Crippen molar-refractivity contribution in [2.24, 2.45) is 0 Å². The third-order valence-electron chi connectivity index (χ3n) is 4.59. The van der Waals surface area contributed by atoms with Crippen LogP contribution in [0.25, 0.3) is 0 Å². The van der Waals surface area contributed by atoms with Gasteiger partial charge in [-0.05, 0) is 13.3 Å². The third kappa shape index (κ3) is 2.26. The highest BCUT2D eigenvalue weighted by Crippen LogP contribution is 2.29. The van der Waals surface area contributed by atoms with E-state index in [4.69, 9.17) is 4.74 Å². The van der Waals surface area contributed by atoms with Gasteiger partial charge in [0.25, 0.3) is 0 Å². The number of ether oxygens (including phenoxy) is 1. The normalized spacial score (nSPS) is 26.1. The molecule has 2 aliphatic heterocycles. The first-order valence-corrected chi connectivity index (χ1v) is 7.53. The van der Waals surface area contributed by atoms with Crippen LogP contribution in [0.2, 0.25) is 0 Å². The van der Waals surface area contributed by atoms with E-state index in [1.165, 1.54) is 5.69 Å². The standard InChI is InChI=1S/C14H20N6O/c1-11-14-16-6-13(7-18-10-15-9-17-18)20(14)4-3-19(11)12-2-5-21-8-12/h6,9-12H,2-5,7-8H2,1H3/t11-,12-/m0/s1. The van der Waals surface area contributed by atoms with Crippen molar-refractivity contribution >= 4 is 0 Å². The van der Waals surface area contributed by atoms with Crippen LogP contribution in [0.5, 0.6) is 0 Å². The minimum absolute atomic E-state index is 0.343. The molecule has 112 valence electrons. The molecule has 4 heterocycles. The summed E-state index contributed by atoms with van der Waals surface area (Å²) < 4.78 is 9.71. The van der Waals surface area contributed by atoms with E-state index in [1.54, 1.807) is 12.7 Å². The minimum atomic E-state index is 0.343. The van der Waals surface area contributed by atoms with Crippen molar-refractivity contribution in [3.63, 3.8) is 0 Å². The van der Waals surface area contributed by atoms with Crippen LogP contribution in [0.1, 0.15) is 30.9 Å². The molecular weight excluding hydrogens is 268 g/mol. The van der Waals surface area contributed by atoms with Crippen LogP contribution in [0.4, 0.5) is 0 Å². The summed E-state index contributed by atoms with van der Waals surface area (Å²) in [5.74, 6) is 1.16. The van der Waals surface area contributed by atoms with Crippen molar-refractivity contribution in [1.82, 2.24) is 29.2 Å². The predicted molar refractivity (Wildman–Crippen MR) is 75.7 cm³/mol. The zero-order valence-electron chi connectivity index (χ0n) is 12.2. The maximum atomic E-state index is 5.53. The average molecular weight is 288 g/mol. The summed E-state index contributed by atoms with van der Waals surface area (Å²) in [6.45, 7) is 6.77. The van der Waals surface area contributed by atoms with Crippen molar-refractivity contribution < 1.29 is 4.74 Å². The van der Waals surface area contributed by atoms with Crippen molar-refractivity contribution in [2.45, 2.75) is 38.5 Å². The Balaban J connectivity index is 1.56. The first-order valence-electron chi connectivity index (χ1n) is 7.53. The van der Waals surface area contributed by atoms with Crippen molar-refractivity contribution in [2.75, 3.05) is 19.8 Å². The first-order chi connectivity index (χ1) is 10.3. The molecule has 0 bridgehead atoms. The van der Waals surface area contributed by atoms with Gasteiger partial charge in [-0.3, -0.25) is 4.90 Å². The quantitative estimate of drug-likeness (QED) is 0.831. The van der Waals surface area contributed by atoms with Crippen LogP contribution in [-0.2, 0) is 17.8 Å².